The highest BCUT2D eigenvalue weighted by Gasteiger charge is 2.50. The fourth-order valence-corrected chi connectivity index (χ4v) is 8.98. The highest BCUT2D eigenvalue weighted by atomic mass is 35.5. The molecule has 8 nitrogen and oxygen atoms in total. The number of morpholine rings is 1. The van der Waals surface area contributed by atoms with Crippen LogP contribution in [0.15, 0.2) is 60.7 Å². The van der Waals surface area contributed by atoms with Gasteiger partial charge < -0.3 is 14.4 Å². The minimum atomic E-state index is -3.95. The van der Waals surface area contributed by atoms with Gasteiger partial charge >= 0.3 is 5.97 Å². The summed E-state index contributed by atoms with van der Waals surface area (Å²) in [5.74, 6) is -1.82. The summed E-state index contributed by atoms with van der Waals surface area (Å²) in [5, 5.41) is -0.180. The summed E-state index contributed by atoms with van der Waals surface area (Å²) in [6.45, 7) is 6.83. The van der Waals surface area contributed by atoms with E-state index in [1.165, 1.54) is 29.5 Å². The van der Waals surface area contributed by atoms with E-state index in [2.05, 4.69) is 0 Å². The molecule has 46 heavy (non-hydrogen) atoms. The number of benzene rings is 2. The van der Waals surface area contributed by atoms with Crippen molar-refractivity contribution in [1.29, 1.82) is 0 Å². The summed E-state index contributed by atoms with van der Waals surface area (Å²) < 4.78 is 56.5. The van der Waals surface area contributed by atoms with E-state index in [4.69, 9.17) is 32.7 Å². The van der Waals surface area contributed by atoms with Crippen molar-refractivity contribution in [3.63, 3.8) is 0 Å². The van der Waals surface area contributed by atoms with Gasteiger partial charge in [0, 0.05) is 9.90 Å². The summed E-state index contributed by atoms with van der Waals surface area (Å²) >= 11 is 14.1. The third kappa shape index (κ3) is 7.71. The predicted octanol–water partition coefficient (Wildman–Crippen LogP) is 7.71. The summed E-state index contributed by atoms with van der Waals surface area (Å²) in [6.07, 6.45) is -1.16. The number of esters is 1. The van der Waals surface area contributed by atoms with Crippen molar-refractivity contribution in [3.8, 4) is 0 Å². The molecule has 1 aliphatic carbocycles. The SMILES string of the molecule is CC[C@@H](CN(c1ccccc1F)S(=O)(=O)C1CC1)N1C(=O)[C@@H](CC(=O)OC(C)(C)C)O[C@H](c2cccc(Cl)c2)[C@H]1c1ccc(Cl)s1. The summed E-state index contributed by atoms with van der Waals surface area (Å²) in [5.41, 5.74) is -0.221. The van der Waals surface area contributed by atoms with Crippen molar-refractivity contribution in [2.24, 2.45) is 0 Å². The fourth-order valence-electron chi connectivity index (χ4n) is 5.70. The van der Waals surface area contributed by atoms with Crippen LogP contribution in [0.4, 0.5) is 10.1 Å². The van der Waals surface area contributed by atoms with E-state index in [9.17, 15) is 18.0 Å². The molecular weight excluding hydrogens is 674 g/mol. The molecule has 13 heteroatoms. The van der Waals surface area contributed by atoms with Crippen LogP contribution in [0, 0.1) is 5.82 Å². The van der Waals surface area contributed by atoms with Crippen LogP contribution in [-0.2, 0) is 29.1 Å². The molecule has 3 aromatic rings. The highest BCUT2D eigenvalue weighted by molar-refractivity contribution is 7.93. The molecule has 1 saturated carbocycles. The van der Waals surface area contributed by atoms with Gasteiger partial charge in [0.25, 0.3) is 5.91 Å². The smallest absolute Gasteiger partial charge is 0.309 e. The van der Waals surface area contributed by atoms with E-state index >= 15 is 4.39 Å². The number of hydrogen-bond acceptors (Lipinski definition) is 7. The zero-order valence-electron chi connectivity index (χ0n) is 26.0. The maximum absolute atomic E-state index is 15.2. The van der Waals surface area contributed by atoms with Gasteiger partial charge in [0.2, 0.25) is 10.0 Å². The average molecular weight is 712 g/mol. The Labute approximate surface area is 283 Å². The zero-order chi connectivity index (χ0) is 33.4. The number of para-hydroxylation sites is 1. The first-order valence-corrected chi connectivity index (χ1v) is 18.2. The Balaban J connectivity index is 1.63. The molecule has 248 valence electrons. The number of ether oxygens (including phenoxy) is 2. The van der Waals surface area contributed by atoms with Crippen LogP contribution < -0.4 is 4.31 Å². The second-order valence-electron chi connectivity index (χ2n) is 12.5. The van der Waals surface area contributed by atoms with Gasteiger partial charge in [0.05, 0.1) is 40.3 Å². The Morgan fingerprint density at radius 1 is 1.13 bits per heavy atom. The minimum absolute atomic E-state index is 0.0824. The highest BCUT2D eigenvalue weighted by Crippen LogP contribution is 2.47. The van der Waals surface area contributed by atoms with Gasteiger partial charge in [-0.25, -0.2) is 12.8 Å². The van der Waals surface area contributed by atoms with Crippen LogP contribution >= 0.6 is 34.5 Å². The Kier molecular flexibility index (Phi) is 10.4. The molecule has 0 bridgehead atoms. The normalized spacial score (nSPS) is 21.2. The van der Waals surface area contributed by atoms with E-state index in [0.29, 0.717) is 39.1 Å². The monoisotopic (exact) mass is 710 g/mol. The van der Waals surface area contributed by atoms with Crippen molar-refractivity contribution in [2.45, 2.75) is 88.5 Å². The molecule has 1 saturated heterocycles. The molecule has 0 spiro atoms. The Hall–Kier alpha value is -2.70. The van der Waals surface area contributed by atoms with E-state index in [0.717, 1.165) is 4.31 Å². The Morgan fingerprint density at radius 2 is 1.85 bits per heavy atom. The van der Waals surface area contributed by atoms with Gasteiger partial charge in [0.1, 0.15) is 23.6 Å². The summed E-state index contributed by atoms with van der Waals surface area (Å²) in [7, 11) is -3.95. The fraction of sp³-hybridized carbons (Fsp3) is 0.455. The molecule has 2 aromatic carbocycles. The second kappa shape index (κ2) is 13.8. The van der Waals surface area contributed by atoms with Crippen LogP contribution in [0.5, 0.6) is 0 Å². The maximum atomic E-state index is 15.2. The van der Waals surface area contributed by atoms with Gasteiger partial charge in [-0.15, -0.1) is 11.3 Å². The maximum Gasteiger partial charge on any atom is 0.309 e. The lowest BCUT2D eigenvalue weighted by molar-refractivity contribution is -0.186. The van der Waals surface area contributed by atoms with Gasteiger partial charge in [-0.3, -0.25) is 13.9 Å². The molecule has 4 atom stereocenters. The van der Waals surface area contributed by atoms with Gasteiger partial charge in [0.15, 0.2) is 0 Å². The average Bonchev–Trinajstić information content (AvgIpc) is 3.76. The minimum Gasteiger partial charge on any atom is -0.460 e. The Bertz CT molecular complexity index is 1690. The third-order valence-corrected chi connectivity index (χ3v) is 11.7. The first-order chi connectivity index (χ1) is 21.7. The van der Waals surface area contributed by atoms with Crippen molar-refractivity contribution >= 4 is 62.1 Å². The molecular formula is C33H37Cl2FN2O6S2. The van der Waals surface area contributed by atoms with Crippen molar-refractivity contribution < 1.29 is 31.9 Å². The van der Waals surface area contributed by atoms with E-state index in [1.807, 2.05) is 13.0 Å². The lowest BCUT2D eigenvalue weighted by Gasteiger charge is -2.48. The lowest BCUT2D eigenvalue weighted by Crippen LogP contribution is -2.58. The topological polar surface area (TPSA) is 93.2 Å². The molecule has 1 amide bonds. The number of carbonyl (C=O) groups is 2. The quantitative estimate of drug-likeness (QED) is 0.189. The van der Waals surface area contributed by atoms with Crippen molar-refractivity contribution in [2.75, 3.05) is 10.8 Å². The largest absolute Gasteiger partial charge is 0.460 e. The van der Waals surface area contributed by atoms with Crippen LogP contribution in [0.25, 0.3) is 0 Å². The first kappa shape index (κ1) is 34.6. The summed E-state index contributed by atoms with van der Waals surface area (Å²) in [4.78, 5) is 29.9. The number of nitrogens with zero attached hydrogens (tertiary/aromatic N) is 2. The molecule has 0 unspecified atom stereocenters. The summed E-state index contributed by atoms with van der Waals surface area (Å²) in [6, 6.07) is 14.8. The molecule has 1 aromatic heterocycles. The van der Waals surface area contributed by atoms with Gasteiger partial charge in [-0.2, -0.15) is 0 Å². The van der Waals surface area contributed by atoms with Crippen molar-refractivity contribution in [3.05, 3.63) is 86.3 Å². The van der Waals surface area contributed by atoms with E-state index in [1.54, 1.807) is 62.1 Å². The molecule has 1 aliphatic heterocycles. The predicted molar refractivity (Wildman–Crippen MR) is 178 cm³/mol. The van der Waals surface area contributed by atoms with E-state index in [-0.39, 0.29) is 18.7 Å². The third-order valence-electron chi connectivity index (χ3n) is 7.88. The molecule has 0 N–H and O–H groups in total. The van der Waals surface area contributed by atoms with Crippen LogP contribution in [-0.4, -0.2) is 54.7 Å². The molecule has 2 heterocycles. The molecule has 2 aliphatic rings. The first-order valence-electron chi connectivity index (χ1n) is 15.2. The number of sulfonamides is 1. The van der Waals surface area contributed by atoms with Crippen molar-refractivity contribution in [1.82, 2.24) is 4.90 Å². The number of anilines is 1. The lowest BCUT2D eigenvalue weighted by atomic mass is 9.93. The number of hydrogen-bond donors (Lipinski definition) is 0. The van der Waals surface area contributed by atoms with Crippen LogP contribution in [0.1, 0.15) is 76.0 Å². The zero-order valence-corrected chi connectivity index (χ0v) is 29.1. The standard InChI is InChI=1S/C33H37Cl2FN2O6S2/c1-5-22(19-37(46(41,42)23-13-14-23)25-12-7-6-11-24(25)36)38-30(27-15-16-28(35)45-27)31(20-9-8-10-21(34)17-20)43-26(32(38)40)18-29(39)44-33(2,3)4/h6-12,15-17,22-23,26,30-31H,5,13-14,18-19H2,1-4H3/t22-,26+,30+,31+/m0/s1. The van der Waals surface area contributed by atoms with E-state index < -0.39 is 62.9 Å². The molecule has 2 fully saturated rings. The number of amides is 1. The molecule has 0 radical (unpaired) electrons. The van der Waals surface area contributed by atoms with Gasteiger partial charge in [-0.1, -0.05) is 54.4 Å². The van der Waals surface area contributed by atoms with Gasteiger partial charge in [-0.05, 0) is 82.0 Å². The number of rotatable bonds is 11. The Morgan fingerprint density at radius 3 is 2.43 bits per heavy atom. The van der Waals surface area contributed by atoms with Crippen LogP contribution in [0.2, 0.25) is 9.36 Å². The van der Waals surface area contributed by atoms with Crippen LogP contribution in [0.3, 0.4) is 0 Å². The molecule has 5 rings (SSSR count). The number of halogens is 3. The number of carbonyl (C=O) groups excluding carboxylic acids is 2. The number of thiophene rings is 1. The second-order valence-corrected chi connectivity index (χ2v) is 16.8.